The monoisotopic (exact) mass is 330 g/mol. The number of methoxy groups -OCH3 is 2. The van der Waals surface area contributed by atoms with E-state index in [1.54, 1.807) is 19.1 Å². The van der Waals surface area contributed by atoms with Crippen LogP contribution in [0.1, 0.15) is 28.3 Å². The highest BCUT2D eigenvalue weighted by molar-refractivity contribution is 5.94. The minimum atomic E-state index is -0.593. The Balaban J connectivity index is 1.81. The minimum absolute atomic E-state index is 0.0586. The number of halogens is 1. The molecule has 0 unspecified atom stereocenters. The van der Waals surface area contributed by atoms with Gasteiger partial charge in [-0.1, -0.05) is 12.1 Å². The van der Waals surface area contributed by atoms with Crippen LogP contribution in [0.5, 0.6) is 11.5 Å². The Morgan fingerprint density at radius 1 is 1.29 bits per heavy atom. The van der Waals surface area contributed by atoms with E-state index >= 15 is 0 Å². The van der Waals surface area contributed by atoms with Crippen LogP contribution in [0.3, 0.4) is 0 Å². The van der Waals surface area contributed by atoms with Gasteiger partial charge in [0.15, 0.2) is 17.3 Å². The van der Waals surface area contributed by atoms with Crippen LogP contribution in [-0.2, 0) is 0 Å². The molecular weight excluding hydrogens is 311 g/mol. The van der Waals surface area contributed by atoms with Gasteiger partial charge in [-0.2, -0.15) is 0 Å². The summed E-state index contributed by atoms with van der Waals surface area (Å²) >= 11 is 0. The molecular formula is C18H19FN2O3. The van der Waals surface area contributed by atoms with Crippen molar-refractivity contribution in [2.45, 2.75) is 12.3 Å². The van der Waals surface area contributed by atoms with Gasteiger partial charge in [0.05, 0.1) is 26.0 Å². The molecule has 0 spiro atoms. The summed E-state index contributed by atoms with van der Waals surface area (Å²) in [5.74, 6) is 0.586. The van der Waals surface area contributed by atoms with E-state index in [0.29, 0.717) is 24.6 Å². The van der Waals surface area contributed by atoms with Crippen LogP contribution in [-0.4, -0.2) is 43.1 Å². The molecule has 0 saturated carbocycles. The summed E-state index contributed by atoms with van der Waals surface area (Å²) < 4.78 is 24.6. The maximum Gasteiger partial charge on any atom is 0.256 e. The van der Waals surface area contributed by atoms with Gasteiger partial charge in [-0.05, 0) is 18.6 Å². The molecule has 5 nitrogen and oxygen atoms in total. The number of pyridine rings is 1. The van der Waals surface area contributed by atoms with Gasteiger partial charge in [-0.3, -0.25) is 9.78 Å². The lowest BCUT2D eigenvalue weighted by Gasteiger charge is -2.19. The number of likely N-dealkylation sites (tertiary alicyclic amines) is 1. The average Bonchev–Trinajstić information content (AvgIpc) is 3.10. The lowest BCUT2D eigenvalue weighted by atomic mass is 9.97. The van der Waals surface area contributed by atoms with Gasteiger partial charge in [-0.25, -0.2) is 4.39 Å². The molecule has 1 saturated heterocycles. The Kier molecular flexibility index (Phi) is 4.64. The van der Waals surface area contributed by atoms with Crippen LogP contribution >= 0.6 is 0 Å². The standard InChI is InChI=1S/C18H19FN2O3/c1-23-16-5-3-4-13(17(16)24-2)12-7-9-21(11-12)18(22)14-6-8-20-10-15(14)19/h3-6,8,10,12H,7,9,11H2,1-2H3/t12-/m1/s1. The first-order valence-electron chi connectivity index (χ1n) is 7.75. The summed E-state index contributed by atoms with van der Waals surface area (Å²) in [5, 5.41) is 0. The van der Waals surface area contributed by atoms with Crippen LogP contribution in [0.2, 0.25) is 0 Å². The first-order chi connectivity index (χ1) is 11.7. The van der Waals surface area contributed by atoms with Gasteiger partial charge < -0.3 is 14.4 Å². The number of amides is 1. The highest BCUT2D eigenvalue weighted by atomic mass is 19.1. The smallest absolute Gasteiger partial charge is 0.256 e. The number of benzene rings is 1. The highest BCUT2D eigenvalue weighted by Gasteiger charge is 2.31. The predicted molar refractivity (Wildman–Crippen MR) is 87.0 cm³/mol. The summed E-state index contributed by atoms with van der Waals surface area (Å²) in [6.07, 6.45) is 3.28. The molecule has 1 aliphatic heterocycles. The van der Waals surface area contributed by atoms with E-state index in [1.807, 2.05) is 18.2 Å². The van der Waals surface area contributed by atoms with Crippen molar-refractivity contribution in [3.05, 3.63) is 53.6 Å². The fraction of sp³-hybridized carbons (Fsp3) is 0.333. The quantitative estimate of drug-likeness (QED) is 0.865. The molecule has 0 N–H and O–H groups in total. The Morgan fingerprint density at radius 3 is 2.83 bits per heavy atom. The van der Waals surface area contributed by atoms with E-state index in [0.717, 1.165) is 18.2 Å². The summed E-state index contributed by atoms with van der Waals surface area (Å²) in [4.78, 5) is 17.9. The predicted octanol–water partition coefficient (Wildman–Crippen LogP) is 2.87. The number of hydrogen-bond acceptors (Lipinski definition) is 4. The second-order valence-corrected chi connectivity index (χ2v) is 5.68. The second kappa shape index (κ2) is 6.86. The summed E-state index contributed by atoms with van der Waals surface area (Å²) in [7, 11) is 3.20. The Hall–Kier alpha value is -2.63. The van der Waals surface area contributed by atoms with Crippen LogP contribution in [0.15, 0.2) is 36.7 Å². The van der Waals surface area contributed by atoms with Crippen molar-refractivity contribution >= 4 is 5.91 Å². The fourth-order valence-corrected chi connectivity index (χ4v) is 3.15. The molecule has 24 heavy (non-hydrogen) atoms. The molecule has 3 rings (SSSR count). The maximum absolute atomic E-state index is 13.8. The van der Waals surface area contributed by atoms with Gasteiger partial charge >= 0.3 is 0 Å². The zero-order valence-corrected chi connectivity index (χ0v) is 13.7. The van der Waals surface area contributed by atoms with Gasteiger partial charge in [0.2, 0.25) is 0 Å². The SMILES string of the molecule is COc1cccc([C@@H]2CCN(C(=O)c3ccncc3F)C2)c1OC. The van der Waals surface area contributed by atoms with Crippen molar-refractivity contribution in [2.75, 3.05) is 27.3 Å². The minimum Gasteiger partial charge on any atom is -0.493 e. The summed E-state index contributed by atoms with van der Waals surface area (Å²) in [6, 6.07) is 7.14. The topological polar surface area (TPSA) is 51.7 Å². The second-order valence-electron chi connectivity index (χ2n) is 5.68. The van der Waals surface area contributed by atoms with Crippen LogP contribution in [0.25, 0.3) is 0 Å². The van der Waals surface area contributed by atoms with E-state index < -0.39 is 5.82 Å². The molecule has 2 aromatic rings. The molecule has 1 aromatic carbocycles. The van der Waals surface area contributed by atoms with E-state index in [2.05, 4.69) is 4.98 Å². The van der Waals surface area contributed by atoms with E-state index in [-0.39, 0.29) is 17.4 Å². The molecule has 1 fully saturated rings. The van der Waals surface area contributed by atoms with Crippen LogP contribution < -0.4 is 9.47 Å². The summed E-state index contributed by atoms with van der Waals surface area (Å²) in [5.41, 5.74) is 1.06. The Bertz CT molecular complexity index is 751. The molecule has 0 radical (unpaired) electrons. The number of nitrogens with zero attached hydrogens (tertiary/aromatic N) is 2. The van der Waals surface area contributed by atoms with Crippen molar-refractivity contribution in [1.29, 1.82) is 0 Å². The maximum atomic E-state index is 13.8. The Morgan fingerprint density at radius 2 is 2.12 bits per heavy atom. The van der Waals surface area contributed by atoms with Gasteiger partial charge in [-0.15, -0.1) is 0 Å². The molecule has 2 heterocycles. The molecule has 1 atom stereocenters. The number of hydrogen-bond donors (Lipinski definition) is 0. The number of ether oxygens (including phenoxy) is 2. The molecule has 126 valence electrons. The lowest BCUT2D eigenvalue weighted by molar-refractivity contribution is 0.0786. The normalized spacial score (nSPS) is 17.0. The van der Waals surface area contributed by atoms with Gasteiger partial charge in [0.1, 0.15) is 0 Å². The van der Waals surface area contributed by atoms with Crippen molar-refractivity contribution in [3.8, 4) is 11.5 Å². The van der Waals surface area contributed by atoms with Gasteiger partial charge in [0.25, 0.3) is 5.91 Å². The lowest BCUT2D eigenvalue weighted by Crippen LogP contribution is -2.29. The van der Waals surface area contributed by atoms with Crippen LogP contribution in [0.4, 0.5) is 4.39 Å². The third-order valence-corrected chi connectivity index (χ3v) is 4.35. The van der Waals surface area contributed by atoms with Crippen molar-refractivity contribution in [2.24, 2.45) is 0 Å². The third-order valence-electron chi connectivity index (χ3n) is 4.35. The average molecular weight is 330 g/mol. The molecule has 1 aromatic heterocycles. The Labute approximate surface area is 140 Å². The van der Waals surface area contributed by atoms with E-state index in [9.17, 15) is 9.18 Å². The molecule has 0 aliphatic carbocycles. The highest BCUT2D eigenvalue weighted by Crippen LogP contribution is 2.39. The number of rotatable bonds is 4. The van der Waals surface area contributed by atoms with Crippen LogP contribution in [0, 0.1) is 5.82 Å². The number of para-hydroxylation sites is 1. The number of aromatic nitrogens is 1. The number of carbonyl (C=O) groups excluding carboxylic acids is 1. The largest absolute Gasteiger partial charge is 0.493 e. The van der Waals surface area contributed by atoms with Crippen molar-refractivity contribution in [3.63, 3.8) is 0 Å². The molecule has 6 heteroatoms. The van der Waals surface area contributed by atoms with E-state index in [1.165, 1.54) is 12.3 Å². The zero-order valence-electron chi connectivity index (χ0n) is 13.7. The van der Waals surface area contributed by atoms with E-state index in [4.69, 9.17) is 9.47 Å². The zero-order chi connectivity index (χ0) is 17.1. The van der Waals surface area contributed by atoms with Crippen molar-refractivity contribution < 1.29 is 18.7 Å². The molecule has 1 aliphatic rings. The summed E-state index contributed by atoms with van der Waals surface area (Å²) in [6.45, 7) is 1.09. The fourth-order valence-electron chi connectivity index (χ4n) is 3.15. The van der Waals surface area contributed by atoms with Gasteiger partial charge in [0, 0.05) is 30.8 Å². The first kappa shape index (κ1) is 16.2. The first-order valence-corrected chi connectivity index (χ1v) is 7.75. The third kappa shape index (κ3) is 2.91. The number of carbonyl (C=O) groups is 1. The molecule has 0 bridgehead atoms. The van der Waals surface area contributed by atoms with Crippen molar-refractivity contribution in [1.82, 2.24) is 9.88 Å². The molecule has 1 amide bonds.